The second kappa shape index (κ2) is 9.62. The molecule has 1 unspecified atom stereocenters. The third-order valence-corrected chi connectivity index (χ3v) is 3.52. The Labute approximate surface area is 142 Å². The maximum absolute atomic E-state index is 10.0. The third kappa shape index (κ3) is 5.31. The van der Waals surface area contributed by atoms with Gasteiger partial charge < -0.3 is 24.9 Å². The minimum atomic E-state index is -0.746. The van der Waals surface area contributed by atoms with Crippen molar-refractivity contribution in [2.24, 2.45) is 4.99 Å². The van der Waals surface area contributed by atoms with Crippen LogP contribution in [0.1, 0.15) is 24.4 Å². The van der Waals surface area contributed by atoms with E-state index in [0.29, 0.717) is 18.3 Å². The lowest BCUT2D eigenvalue weighted by Gasteiger charge is -2.13. The zero-order chi connectivity index (χ0) is 17.2. The van der Waals surface area contributed by atoms with Gasteiger partial charge in [-0.3, -0.25) is 4.99 Å². The lowest BCUT2D eigenvalue weighted by Crippen LogP contribution is -2.38. The first-order chi connectivity index (χ1) is 11.7. The SMILES string of the molecule is CCNC(=NCC(O)c1ccco1)NCCc1ccccc1OC. The van der Waals surface area contributed by atoms with Crippen LogP contribution in [0.5, 0.6) is 5.75 Å². The molecule has 0 radical (unpaired) electrons. The zero-order valence-electron chi connectivity index (χ0n) is 14.2. The average molecular weight is 331 g/mol. The van der Waals surface area contributed by atoms with Crippen molar-refractivity contribution in [1.82, 2.24) is 10.6 Å². The number of nitrogens with one attached hydrogen (secondary N) is 2. The Morgan fingerprint density at radius 2 is 2.08 bits per heavy atom. The molecule has 0 saturated heterocycles. The van der Waals surface area contributed by atoms with E-state index in [1.54, 1.807) is 25.5 Å². The first-order valence-corrected chi connectivity index (χ1v) is 8.10. The van der Waals surface area contributed by atoms with E-state index in [1.165, 1.54) is 0 Å². The van der Waals surface area contributed by atoms with Gasteiger partial charge in [-0.25, -0.2) is 0 Å². The molecule has 0 aliphatic rings. The summed E-state index contributed by atoms with van der Waals surface area (Å²) in [5, 5.41) is 16.5. The summed E-state index contributed by atoms with van der Waals surface area (Å²) in [7, 11) is 1.67. The summed E-state index contributed by atoms with van der Waals surface area (Å²) in [4.78, 5) is 4.40. The number of rotatable bonds is 8. The summed E-state index contributed by atoms with van der Waals surface area (Å²) >= 11 is 0. The van der Waals surface area contributed by atoms with Crippen LogP contribution in [0.2, 0.25) is 0 Å². The van der Waals surface area contributed by atoms with Gasteiger partial charge in [-0.2, -0.15) is 0 Å². The molecular formula is C18H25N3O3. The Hall–Kier alpha value is -2.47. The Balaban J connectivity index is 1.87. The number of furan rings is 1. The number of aliphatic imine (C=N–C) groups is 1. The number of aliphatic hydroxyl groups is 1. The molecule has 0 aliphatic carbocycles. The monoisotopic (exact) mass is 331 g/mol. The van der Waals surface area contributed by atoms with E-state index in [4.69, 9.17) is 9.15 Å². The number of aliphatic hydroxyl groups excluding tert-OH is 1. The van der Waals surface area contributed by atoms with Crippen molar-refractivity contribution in [1.29, 1.82) is 0 Å². The topological polar surface area (TPSA) is 79.0 Å². The molecule has 130 valence electrons. The lowest BCUT2D eigenvalue weighted by atomic mass is 10.1. The second-order valence-corrected chi connectivity index (χ2v) is 5.24. The van der Waals surface area contributed by atoms with Crippen molar-refractivity contribution in [3.8, 4) is 5.75 Å². The van der Waals surface area contributed by atoms with E-state index in [1.807, 2.05) is 31.2 Å². The van der Waals surface area contributed by atoms with Gasteiger partial charge in [0.15, 0.2) is 5.96 Å². The summed E-state index contributed by atoms with van der Waals surface area (Å²) in [6, 6.07) is 11.4. The summed E-state index contributed by atoms with van der Waals surface area (Å²) in [5.41, 5.74) is 1.14. The van der Waals surface area contributed by atoms with Gasteiger partial charge in [-0.15, -0.1) is 0 Å². The second-order valence-electron chi connectivity index (χ2n) is 5.24. The van der Waals surface area contributed by atoms with Crippen LogP contribution >= 0.6 is 0 Å². The minimum Gasteiger partial charge on any atom is -0.496 e. The van der Waals surface area contributed by atoms with Gasteiger partial charge in [-0.1, -0.05) is 18.2 Å². The predicted octanol–water partition coefficient (Wildman–Crippen LogP) is 2.12. The fraction of sp³-hybridized carbons (Fsp3) is 0.389. The van der Waals surface area contributed by atoms with Crippen LogP contribution in [-0.2, 0) is 6.42 Å². The molecule has 0 amide bonds. The van der Waals surface area contributed by atoms with E-state index < -0.39 is 6.10 Å². The number of ether oxygens (including phenoxy) is 1. The fourth-order valence-corrected chi connectivity index (χ4v) is 2.32. The van der Waals surface area contributed by atoms with E-state index >= 15 is 0 Å². The molecule has 0 fully saturated rings. The van der Waals surface area contributed by atoms with E-state index in [2.05, 4.69) is 15.6 Å². The highest BCUT2D eigenvalue weighted by Crippen LogP contribution is 2.17. The summed E-state index contributed by atoms with van der Waals surface area (Å²) < 4.78 is 10.5. The van der Waals surface area contributed by atoms with Crippen molar-refractivity contribution in [3.63, 3.8) is 0 Å². The maximum Gasteiger partial charge on any atom is 0.191 e. The van der Waals surface area contributed by atoms with E-state index in [0.717, 1.165) is 24.3 Å². The molecule has 24 heavy (non-hydrogen) atoms. The van der Waals surface area contributed by atoms with Crippen LogP contribution in [0.25, 0.3) is 0 Å². The van der Waals surface area contributed by atoms with Crippen LogP contribution in [0.3, 0.4) is 0 Å². The quantitative estimate of drug-likeness (QED) is 0.510. The Bertz CT molecular complexity index is 626. The average Bonchev–Trinajstić information content (AvgIpc) is 3.14. The molecule has 0 spiro atoms. The van der Waals surface area contributed by atoms with Crippen LogP contribution < -0.4 is 15.4 Å². The number of guanidine groups is 1. The number of benzene rings is 1. The maximum atomic E-state index is 10.0. The number of hydrogen-bond donors (Lipinski definition) is 3. The van der Waals surface area contributed by atoms with Crippen LogP contribution in [0.4, 0.5) is 0 Å². The van der Waals surface area contributed by atoms with Gasteiger partial charge in [0.1, 0.15) is 17.6 Å². The highest BCUT2D eigenvalue weighted by Gasteiger charge is 2.10. The third-order valence-electron chi connectivity index (χ3n) is 3.52. The summed E-state index contributed by atoms with van der Waals surface area (Å²) in [6.07, 6.45) is 1.61. The van der Waals surface area contributed by atoms with E-state index in [-0.39, 0.29) is 6.54 Å². The molecule has 1 heterocycles. The first-order valence-electron chi connectivity index (χ1n) is 8.10. The molecule has 1 aromatic carbocycles. The molecule has 3 N–H and O–H groups in total. The smallest absolute Gasteiger partial charge is 0.191 e. The lowest BCUT2D eigenvalue weighted by molar-refractivity contribution is 0.158. The number of methoxy groups -OCH3 is 1. The zero-order valence-corrected chi connectivity index (χ0v) is 14.2. The van der Waals surface area contributed by atoms with Crippen LogP contribution in [0, 0.1) is 0 Å². The van der Waals surface area contributed by atoms with Gasteiger partial charge in [0, 0.05) is 13.1 Å². The minimum absolute atomic E-state index is 0.234. The molecule has 2 aromatic rings. The van der Waals surface area contributed by atoms with Crippen molar-refractivity contribution in [3.05, 3.63) is 54.0 Å². The summed E-state index contributed by atoms with van der Waals surface area (Å²) in [5.74, 6) is 2.07. The molecule has 1 aromatic heterocycles. The van der Waals surface area contributed by atoms with Crippen molar-refractivity contribution in [2.45, 2.75) is 19.4 Å². The first kappa shape index (κ1) is 17.9. The van der Waals surface area contributed by atoms with Crippen LogP contribution in [0.15, 0.2) is 52.1 Å². The predicted molar refractivity (Wildman–Crippen MR) is 94.3 cm³/mol. The number of para-hydroxylation sites is 1. The van der Waals surface area contributed by atoms with E-state index in [9.17, 15) is 5.11 Å². The highest BCUT2D eigenvalue weighted by molar-refractivity contribution is 5.79. The number of hydrogen-bond acceptors (Lipinski definition) is 4. The Morgan fingerprint density at radius 1 is 1.25 bits per heavy atom. The molecule has 0 aliphatic heterocycles. The molecule has 6 heteroatoms. The van der Waals surface area contributed by atoms with Gasteiger partial charge in [-0.05, 0) is 37.1 Å². The Morgan fingerprint density at radius 3 is 2.79 bits per heavy atom. The Kier molecular flexibility index (Phi) is 7.17. The van der Waals surface area contributed by atoms with Crippen molar-refractivity contribution >= 4 is 5.96 Å². The van der Waals surface area contributed by atoms with Gasteiger partial charge in [0.2, 0.25) is 0 Å². The van der Waals surface area contributed by atoms with Crippen molar-refractivity contribution < 1.29 is 14.3 Å². The molecule has 0 bridgehead atoms. The standard InChI is InChI=1S/C18H25N3O3/c1-3-19-18(21-13-15(22)17-9-6-12-24-17)20-11-10-14-7-4-5-8-16(14)23-2/h4-9,12,15,22H,3,10-11,13H2,1-2H3,(H2,19,20,21). The fourth-order valence-electron chi connectivity index (χ4n) is 2.32. The summed E-state index contributed by atoms with van der Waals surface area (Å²) in [6.45, 7) is 3.69. The van der Waals surface area contributed by atoms with Crippen molar-refractivity contribution in [2.75, 3.05) is 26.7 Å². The normalized spacial score (nSPS) is 12.7. The molecule has 0 saturated carbocycles. The largest absolute Gasteiger partial charge is 0.496 e. The highest BCUT2D eigenvalue weighted by atomic mass is 16.5. The van der Waals surface area contributed by atoms with Crippen LogP contribution in [-0.4, -0.2) is 37.8 Å². The molecular weight excluding hydrogens is 306 g/mol. The molecule has 6 nitrogen and oxygen atoms in total. The van der Waals surface area contributed by atoms with Gasteiger partial charge in [0.05, 0.1) is 19.9 Å². The molecule has 1 atom stereocenters. The number of nitrogens with zero attached hydrogens (tertiary/aromatic N) is 1. The molecule has 2 rings (SSSR count). The van der Waals surface area contributed by atoms with Gasteiger partial charge >= 0.3 is 0 Å². The van der Waals surface area contributed by atoms with Gasteiger partial charge in [0.25, 0.3) is 0 Å².